The van der Waals surface area contributed by atoms with Gasteiger partial charge in [0.15, 0.2) is 0 Å². The van der Waals surface area contributed by atoms with Gasteiger partial charge in [-0.05, 0) is 235 Å². The SMILES string of the molecule is C1=C(c2ccc3ccccc3c2)C=C(N(c2ccc(-c3ccc4c(-c5ccc(-c6ccc(-c7ccc(N(c8cccc(-c9ccccc9)c8)c8cc(-c9ccc%10ccccc%10c9)ccc8-c8ccccc8)cc7)cc6-c6ccccc6)cc5)cccc4c3)cc2)c2cccc(-c3ccccc3)c2)C(c2ccccc2)C1. The summed E-state index contributed by atoms with van der Waals surface area (Å²) < 4.78 is 0. The van der Waals surface area contributed by atoms with Gasteiger partial charge in [-0.1, -0.05) is 358 Å². The molecule has 0 aromatic heterocycles. The average Bonchev–Trinajstić information content (AvgIpc) is 0.772. The molecule has 0 aliphatic heterocycles. The summed E-state index contributed by atoms with van der Waals surface area (Å²) >= 11 is 0. The Morgan fingerprint density at radius 3 is 1.17 bits per heavy atom. The maximum Gasteiger partial charge on any atom is 0.0546 e. The maximum absolute atomic E-state index is 2.51. The minimum Gasteiger partial charge on any atom is -0.314 e. The lowest BCUT2D eigenvalue weighted by Crippen LogP contribution is -2.23. The molecule has 0 bridgehead atoms. The summed E-state index contributed by atoms with van der Waals surface area (Å²) in [5.74, 6) is 0.116. The maximum atomic E-state index is 2.51. The minimum atomic E-state index is 0.116. The molecule has 0 N–H and O–H groups in total. The average molecular weight is 1400 g/mol. The number of nitrogens with zero attached hydrogens (tertiary/aromatic N) is 2. The number of anilines is 5. The molecule has 19 rings (SSSR count). The standard InChI is InChI=1S/C108H76N2/c1-6-23-75(24-7-1)88-37-20-40-99(70-88)109(107-73-94(57-65-104(107)81-29-10-3-11-30-81)91-49-43-77-27-16-18-35-86(77)67-91)97-59-51-79(52-60-97)90-55-64-103-96(69-90)39-22-42-101(103)84-45-47-85(48-46-84)102-63-56-93(72-106(102)83-33-14-5-15-34-83)80-53-61-98(62-54-80)110(100-41-21-38-89(71-100)76-25-8-2-9-26-76)108-74-95(58-66-105(108)82-31-12-4-13-32-82)92-50-44-78-28-17-19-36-87(78)68-92/h1-64,66-74,104H,65H2. The molecule has 110 heavy (non-hydrogen) atoms. The lowest BCUT2D eigenvalue weighted by atomic mass is 9.84. The van der Waals surface area contributed by atoms with Gasteiger partial charge in [0.05, 0.1) is 5.69 Å². The second kappa shape index (κ2) is 29.6. The first kappa shape index (κ1) is 66.5. The second-order valence-electron chi connectivity index (χ2n) is 28.7. The number of rotatable bonds is 17. The van der Waals surface area contributed by atoms with Gasteiger partial charge in [0.25, 0.3) is 0 Å². The largest absolute Gasteiger partial charge is 0.314 e. The highest BCUT2D eigenvalue weighted by Gasteiger charge is 2.29. The highest BCUT2D eigenvalue weighted by Crippen LogP contribution is 2.48. The predicted octanol–water partition coefficient (Wildman–Crippen LogP) is 29.9. The van der Waals surface area contributed by atoms with Crippen molar-refractivity contribution >= 4 is 66.3 Å². The topological polar surface area (TPSA) is 6.48 Å². The third kappa shape index (κ3) is 13.4. The first-order chi connectivity index (χ1) is 54.5. The van der Waals surface area contributed by atoms with Crippen molar-refractivity contribution in [2.75, 3.05) is 9.80 Å². The van der Waals surface area contributed by atoms with E-state index in [0.29, 0.717) is 0 Å². The fourth-order valence-corrected chi connectivity index (χ4v) is 16.4. The molecule has 1 unspecified atom stereocenters. The molecule has 0 saturated heterocycles. The van der Waals surface area contributed by atoms with Crippen LogP contribution < -0.4 is 9.80 Å². The van der Waals surface area contributed by atoms with E-state index in [2.05, 4.69) is 453 Å². The van der Waals surface area contributed by atoms with E-state index in [0.717, 1.165) is 79.4 Å². The zero-order valence-corrected chi connectivity index (χ0v) is 60.8. The quantitative estimate of drug-likeness (QED) is 0.0896. The highest BCUT2D eigenvalue weighted by molar-refractivity contribution is 6.01. The third-order valence-corrected chi connectivity index (χ3v) is 22.0. The van der Waals surface area contributed by atoms with Crippen molar-refractivity contribution in [3.8, 4) is 100 Å². The molecule has 2 nitrogen and oxygen atoms in total. The van der Waals surface area contributed by atoms with Crippen molar-refractivity contribution < 1.29 is 0 Å². The van der Waals surface area contributed by atoms with Gasteiger partial charge in [-0.25, -0.2) is 0 Å². The monoisotopic (exact) mass is 1400 g/mol. The van der Waals surface area contributed by atoms with Gasteiger partial charge in [-0.2, -0.15) is 0 Å². The Balaban J connectivity index is 0.636. The van der Waals surface area contributed by atoms with E-state index >= 15 is 0 Å². The second-order valence-corrected chi connectivity index (χ2v) is 28.7. The molecule has 0 fully saturated rings. The van der Waals surface area contributed by atoms with Crippen molar-refractivity contribution in [2.24, 2.45) is 0 Å². The zero-order chi connectivity index (χ0) is 73.1. The predicted molar refractivity (Wildman–Crippen MR) is 467 cm³/mol. The molecule has 1 atom stereocenters. The Kier molecular flexibility index (Phi) is 17.9. The van der Waals surface area contributed by atoms with Crippen LogP contribution in [0.2, 0.25) is 0 Å². The summed E-state index contributed by atoms with van der Waals surface area (Å²) in [5.41, 5.74) is 31.4. The van der Waals surface area contributed by atoms with E-state index in [1.54, 1.807) is 0 Å². The Morgan fingerprint density at radius 1 is 0.200 bits per heavy atom. The Bertz CT molecular complexity index is 6440. The molecule has 1 aliphatic rings. The highest BCUT2D eigenvalue weighted by atomic mass is 15.2. The molecule has 0 amide bonds. The number of benzene rings is 18. The molecular weight excluding hydrogens is 1330 g/mol. The smallest absolute Gasteiger partial charge is 0.0546 e. The molecule has 2 heteroatoms. The fraction of sp³-hybridized carbons (Fsp3) is 0.0185. The van der Waals surface area contributed by atoms with Crippen molar-refractivity contribution in [2.45, 2.75) is 12.3 Å². The summed E-state index contributed by atoms with van der Waals surface area (Å²) in [6.45, 7) is 0. The van der Waals surface area contributed by atoms with E-state index in [9.17, 15) is 0 Å². The fourth-order valence-electron chi connectivity index (χ4n) is 16.4. The zero-order valence-electron chi connectivity index (χ0n) is 60.8. The molecule has 0 radical (unpaired) electrons. The van der Waals surface area contributed by atoms with Gasteiger partial charge in [-0.15, -0.1) is 0 Å². The molecule has 518 valence electrons. The summed E-state index contributed by atoms with van der Waals surface area (Å²) in [5, 5.41) is 7.34. The van der Waals surface area contributed by atoms with E-state index < -0.39 is 0 Å². The Hall–Kier alpha value is -14.2. The molecule has 18 aromatic rings. The van der Waals surface area contributed by atoms with Crippen LogP contribution in [-0.2, 0) is 0 Å². The summed E-state index contributed by atoms with van der Waals surface area (Å²) in [7, 11) is 0. The first-order valence-corrected chi connectivity index (χ1v) is 38.1. The van der Waals surface area contributed by atoms with Crippen LogP contribution in [0.3, 0.4) is 0 Å². The van der Waals surface area contributed by atoms with Crippen LogP contribution in [0, 0.1) is 0 Å². The minimum absolute atomic E-state index is 0.116. The van der Waals surface area contributed by atoms with Gasteiger partial charge in [0.2, 0.25) is 0 Å². The van der Waals surface area contributed by atoms with Crippen LogP contribution in [0.4, 0.5) is 28.4 Å². The van der Waals surface area contributed by atoms with E-state index in [4.69, 9.17) is 0 Å². The molecule has 1 aliphatic carbocycles. The third-order valence-electron chi connectivity index (χ3n) is 22.0. The van der Waals surface area contributed by atoms with Crippen LogP contribution in [0.15, 0.2) is 449 Å². The summed E-state index contributed by atoms with van der Waals surface area (Å²) in [4.78, 5) is 4.95. The van der Waals surface area contributed by atoms with Crippen LogP contribution in [-0.4, -0.2) is 0 Å². The van der Waals surface area contributed by atoms with Gasteiger partial charge >= 0.3 is 0 Å². The molecule has 18 aromatic carbocycles. The summed E-state index contributed by atoms with van der Waals surface area (Å²) in [6, 6.07) is 158. The van der Waals surface area contributed by atoms with Crippen LogP contribution >= 0.6 is 0 Å². The van der Waals surface area contributed by atoms with Gasteiger partial charge in [0.1, 0.15) is 0 Å². The van der Waals surface area contributed by atoms with Crippen molar-refractivity contribution in [3.05, 3.63) is 460 Å². The van der Waals surface area contributed by atoms with Gasteiger partial charge < -0.3 is 9.80 Å². The number of allylic oxidation sites excluding steroid dienone is 4. The normalized spacial score (nSPS) is 12.7. The van der Waals surface area contributed by atoms with E-state index in [-0.39, 0.29) is 5.92 Å². The molecule has 0 saturated carbocycles. The van der Waals surface area contributed by atoms with E-state index in [1.165, 1.54) is 110 Å². The van der Waals surface area contributed by atoms with Crippen molar-refractivity contribution in [1.82, 2.24) is 0 Å². The Labute approximate surface area is 644 Å². The van der Waals surface area contributed by atoms with Gasteiger partial charge in [0, 0.05) is 39.9 Å². The van der Waals surface area contributed by atoms with Crippen LogP contribution in [0.25, 0.3) is 138 Å². The molecular formula is C108H76N2. The lowest BCUT2D eigenvalue weighted by molar-refractivity contribution is 0.777. The van der Waals surface area contributed by atoms with Crippen molar-refractivity contribution in [1.29, 1.82) is 0 Å². The Morgan fingerprint density at radius 2 is 0.573 bits per heavy atom. The summed E-state index contributed by atoms with van der Waals surface area (Å²) in [6.07, 6.45) is 5.75. The van der Waals surface area contributed by atoms with Crippen LogP contribution in [0.5, 0.6) is 0 Å². The number of fused-ring (bicyclic) bond motifs is 3. The molecule has 0 heterocycles. The van der Waals surface area contributed by atoms with Gasteiger partial charge in [-0.3, -0.25) is 0 Å². The van der Waals surface area contributed by atoms with Crippen LogP contribution in [0.1, 0.15) is 23.5 Å². The van der Waals surface area contributed by atoms with Crippen molar-refractivity contribution in [3.63, 3.8) is 0 Å². The lowest BCUT2D eigenvalue weighted by Gasteiger charge is -2.35. The van der Waals surface area contributed by atoms with E-state index in [1.807, 2.05) is 0 Å². The molecule has 0 spiro atoms. The number of hydrogen-bond donors (Lipinski definition) is 0. The first-order valence-electron chi connectivity index (χ1n) is 38.1. The number of hydrogen-bond acceptors (Lipinski definition) is 2.